The number of likely N-dealkylation sites (tertiary alicyclic amines) is 1. The summed E-state index contributed by atoms with van der Waals surface area (Å²) < 4.78 is 11.1. The second-order valence-electron chi connectivity index (χ2n) is 8.83. The lowest BCUT2D eigenvalue weighted by atomic mass is 9.90. The van der Waals surface area contributed by atoms with E-state index in [9.17, 15) is 19.8 Å². The van der Waals surface area contributed by atoms with Gasteiger partial charge in [-0.2, -0.15) is 0 Å². The highest BCUT2D eigenvalue weighted by atomic mass is 16.6. The van der Waals surface area contributed by atoms with Gasteiger partial charge in [-0.1, -0.05) is 42.5 Å². The van der Waals surface area contributed by atoms with E-state index in [1.807, 2.05) is 18.2 Å². The molecule has 0 aliphatic carbocycles. The summed E-state index contributed by atoms with van der Waals surface area (Å²) in [7, 11) is 0. The maximum atomic E-state index is 13.0. The maximum Gasteiger partial charge on any atom is 0.415 e. The number of piperidine rings is 1. The van der Waals surface area contributed by atoms with Gasteiger partial charge in [0.05, 0.1) is 5.56 Å². The molecular formula is C28H25NO6. The van der Waals surface area contributed by atoms with Crippen molar-refractivity contribution < 1.29 is 24.2 Å². The Labute approximate surface area is 201 Å². The average Bonchev–Trinajstić information content (AvgIpc) is 2.86. The SMILES string of the molecule is O=C(Oc1cc(O)c2c(=O)c(-c3ccc(O)cc3)coc2c1)N1CCC(Cc2ccccc2)CC1. The van der Waals surface area contributed by atoms with Crippen molar-refractivity contribution >= 4 is 17.1 Å². The number of phenolic OH excluding ortho intramolecular Hbond substituents is 2. The minimum atomic E-state index is -0.495. The molecule has 4 aromatic rings. The largest absolute Gasteiger partial charge is 0.508 e. The van der Waals surface area contributed by atoms with Crippen LogP contribution in [0.2, 0.25) is 0 Å². The molecule has 1 saturated heterocycles. The summed E-state index contributed by atoms with van der Waals surface area (Å²) in [4.78, 5) is 27.4. The molecule has 0 spiro atoms. The standard InChI is InChI=1S/C28H25NO6/c30-21-8-6-20(7-9-21)23-17-34-25-16-22(15-24(31)26(25)27(23)32)35-28(33)29-12-10-19(11-13-29)14-18-4-2-1-3-5-18/h1-9,15-17,19,30-31H,10-14H2. The molecule has 5 rings (SSSR count). The zero-order valence-corrected chi connectivity index (χ0v) is 19.0. The number of carbonyl (C=O) groups excluding carboxylic acids is 1. The summed E-state index contributed by atoms with van der Waals surface area (Å²) in [6, 6.07) is 19.1. The van der Waals surface area contributed by atoms with Crippen molar-refractivity contribution in [2.75, 3.05) is 13.1 Å². The third-order valence-corrected chi connectivity index (χ3v) is 6.45. The van der Waals surface area contributed by atoms with E-state index in [-0.39, 0.29) is 33.8 Å². The first-order valence-corrected chi connectivity index (χ1v) is 11.6. The van der Waals surface area contributed by atoms with Gasteiger partial charge in [0.1, 0.15) is 34.5 Å². The van der Waals surface area contributed by atoms with E-state index in [0.29, 0.717) is 24.6 Å². The molecule has 0 atom stereocenters. The first kappa shape index (κ1) is 22.5. The summed E-state index contributed by atoms with van der Waals surface area (Å²) in [5, 5.41) is 20.0. The number of aromatic hydroxyl groups is 2. The Bertz CT molecular complexity index is 1400. The van der Waals surface area contributed by atoms with Crippen LogP contribution >= 0.6 is 0 Å². The summed E-state index contributed by atoms with van der Waals surface area (Å²) in [6.45, 7) is 1.20. The van der Waals surface area contributed by atoms with Crippen LogP contribution in [0.25, 0.3) is 22.1 Å². The molecular weight excluding hydrogens is 446 g/mol. The number of phenols is 2. The molecule has 7 nitrogen and oxygen atoms in total. The number of benzene rings is 3. The van der Waals surface area contributed by atoms with Gasteiger partial charge in [0.15, 0.2) is 0 Å². The number of carbonyl (C=O) groups is 1. The number of hydrogen-bond acceptors (Lipinski definition) is 6. The van der Waals surface area contributed by atoms with E-state index >= 15 is 0 Å². The molecule has 2 N–H and O–H groups in total. The van der Waals surface area contributed by atoms with Crippen molar-refractivity contribution in [2.24, 2.45) is 5.92 Å². The van der Waals surface area contributed by atoms with Crippen molar-refractivity contribution in [2.45, 2.75) is 19.3 Å². The first-order chi connectivity index (χ1) is 17.0. The Morgan fingerprint density at radius 2 is 1.71 bits per heavy atom. The Morgan fingerprint density at radius 3 is 2.43 bits per heavy atom. The Balaban J connectivity index is 1.28. The summed E-state index contributed by atoms with van der Waals surface area (Å²) in [5.41, 5.74) is 1.78. The van der Waals surface area contributed by atoms with Gasteiger partial charge in [-0.05, 0) is 48.4 Å². The van der Waals surface area contributed by atoms with Gasteiger partial charge < -0.3 is 24.3 Å². The van der Waals surface area contributed by atoms with E-state index in [2.05, 4.69) is 12.1 Å². The van der Waals surface area contributed by atoms with Crippen molar-refractivity contribution in [3.8, 4) is 28.4 Å². The second kappa shape index (κ2) is 9.54. The summed E-state index contributed by atoms with van der Waals surface area (Å²) >= 11 is 0. The summed E-state index contributed by atoms with van der Waals surface area (Å²) in [5.74, 6) is 0.366. The molecule has 7 heteroatoms. The highest BCUT2D eigenvalue weighted by molar-refractivity contribution is 5.88. The molecule has 3 aromatic carbocycles. The number of amides is 1. The van der Waals surface area contributed by atoms with Crippen molar-refractivity contribution in [1.29, 1.82) is 0 Å². The third kappa shape index (κ3) is 4.84. The van der Waals surface area contributed by atoms with Crippen LogP contribution in [0.1, 0.15) is 18.4 Å². The van der Waals surface area contributed by atoms with Gasteiger partial charge in [0.25, 0.3) is 0 Å². The number of hydrogen-bond donors (Lipinski definition) is 2. The van der Waals surface area contributed by atoms with Crippen molar-refractivity contribution in [1.82, 2.24) is 4.90 Å². The van der Waals surface area contributed by atoms with E-state index in [4.69, 9.17) is 9.15 Å². The molecule has 0 bridgehead atoms. The molecule has 0 saturated carbocycles. The van der Waals surface area contributed by atoms with Crippen LogP contribution in [0.3, 0.4) is 0 Å². The van der Waals surface area contributed by atoms with Crippen LogP contribution in [-0.4, -0.2) is 34.3 Å². The Morgan fingerprint density at radius 1 is 1.00 bits per heavy atom. The van der Waals surface area contributed by atoms with Gasteiger partial charge >= 0.3 is 6.09 Å². The van der Waals surface area contributed by atoms with Gasteiger partial charge in [-0.25, -0.2) is 4.79 Å². The van der Waals surface area contributed by atoms with Crippen molar-refractivity contribution in [3.05, 3.63) is 88.8 Å². The molecule has 2 heterocycles. The lowest BCUT2D eigenvalue weighted by Crippen LogP contribution is -2.40. The monoisotopic (exact) mass is 471 g/mol. The molecule has 1 fully saturated rings. The van der Waals surface area contributed by atoms with Crippen LogP contribution in [0.5, 0.6) is 17.2 Å². The van der Waals surface area contributed by atoms with E-state index in [1.54, 1.807) is 17.0 Å². The molecule has 1 aliphatic heterocycles. The van der Waals surface area contributed by atoms with Crippen LogP contribution in [0.15, 0.2) is 82.2 Å². The fourth-order valence-corrected chi connectivity index (χ4v) is 4.54. The average molecular weight is 472 g/mol. The number of rotatable bonds is 4. The predicted molar refractivity (Wildman–Crippen MR) is 132 cm³/mol. The van der Waals surface area contributed by atoms with Crippen LogP contribution in [0.4, 0.5) is 4.79 Å². The predicted octanol–water partition coefficient (Wildman–Crippen LogP) is 5.32. The molecule has 1 amide bonds. The van der Waals surface area contributed by atoms with Crippen LogP contribution in [-0.2, 0) is 6.42 Å². The maximum absolute atomic E-state index is 13.0. The lowest BCUT2D eigenvalue weighted by molar-refractivity contribution is 0.131. The lowest BCUT2D eigenvalue weighted by Gasteiger charge is -2.31. The van der Waals surface area contributed by atoms with Gasteiger partial charge in [0.2, 0.25) is 5.43 Å². The fourth-order valence-electron chi connectivity index (χ4n) is 4.54. The van der Waals surface area contributed by atoms with E-state index in [0.717, 1.165) is 19.3 Å². The first-order valence-electron chi connectivity index (χ1n) is 11.6. The van der Waals surface area contributed by atoms with Crippen molar-refractivity contribution in [3.63, 3.8) is 0 Å². The third-order valence-electron chi connectivity index (χ3n) is 6.45. The van der Waals surface area contributed by atoms with Gasteiger partial charge in [-0.3, -0.25) is 4.79 Å². The highest BCUT2D eigenvalue weighted by Gasteiger charge is 2.25. The quantitative estimate of drug-likeness (QED) is 0.418. The zero-order valence-electron chi connectivity index (χ0n) is 19.0. The molecule has 178 valence electrons. The normalized spacial score (nSPS) is 14.2. The molecule has 0 unspecified atom stereocenters. The molecule has 0 radical (unpaired) electrons. The smallest absolute Gasteiger partial charge is 0.415 e. The second-order valence-corrected chi connectivity index (χ2v) is 8.83. The molecule has 35 heavy (non-hydrogen) atoms. The van der Waals surface area contributed by atoms with Crippen LogP contribution in [0, 0.1) is 5.92 Å². The number of nitrogens with zero attached hydrogens (tertiary/aromatic N) is 1. The van der Waals surface area contributed by atoms with E-state index < -0.39 is 11.5 Å². The molecule has 1 aromatic heterocycles. The highest BCUT2D eigenvalue weighted by Crippen LogP contribution is 2.31. The van der Waals surface area contributed by atoms with Gasteiger partial charge in [-0.15, -0.1) is 0 Å². The van der Waals surface area contributed by atoms with Gasteiger partial charge in [0, 0.05) is 25.2 Å². The Kier molecular flexibility index (Phi) is 6.14. The van der Waals surface area contributed by atoms with E-state index in [1.165, 1.54) is 36.1 Å². The number of ether oxygens (including phenoxy) is 1. The van der Waals surface area contributed by atoms with Crippen LogP contribution < -0.4 is 10.2 Å². The number of fused-ring (bicyclic) bond motifs is 1. The fraction of sp³-hybridized carbons (Fsp3) is 0.214. The summed E-state index contributed by atoms with van der Waals surface area (Å²) in [6.07, 6.45) is 3.57. The zero-order chi connectivity index (χ0) is 24.4. The minimum Gasteiger partial charge on any atom is -0.508 e. The minimum absolute atomic E-state index is 0.00268. The topological polar surface area (TPSA) is 100 Å². The molecule has 1 aliphatic rings. The Hall–Kier alpha value is -4.26.